The SMILES string of the molecule is CC(C)(C)OCCC(CCl)(CCl)c1cccc(Cl)c1. The Balaban J connectivity index is 2.85. The lowest BCUT2D eigenvalue weighted by atomic mass is 9.81. The van der Waals surface area contributed by atoms with Crippen LogP contribution in [-0.2, 0) is 10.2 Å². The van der Waals surface area contributed by atoms with Crippen LogP contribution in [0, 0.1) is 0 Å². The van der Waals surface area contributed by atoms with Crippen molar-refractivity contribution < 1.29 is 4.74 Å². The smallest absolute Gasteiger partial charge is 0.0598 e. The maximum absolute atomic E-state index is 6.18. The molecule has 0 radical (unpaired) electrons. The minimum Gasteiger partial charge on any atom is -0.376 e. The van der Waals surface area contributed by atoms with Crippen LogP contribution in [0.1, 0.15) is 32.8 Å². The highest BCUT2D eigenvalue weighted by Crippen LogP contribution is 2.33. The van der Waals surface area contributed by atoms with Gasteiger partial charge in [-0.05, 0) is 44.9 Å². The van der Waals surface area contributed by atoms with Crippen LogP contribution in [0.2, 0.25) is 5.02 Å². The van der Waals surface area contributed by atoms with Gasteiger partial charge in [-0.15, -0.1) is 23.2 Å². The molecule has 0 N–H and O–H groups in total. The van der Waals surface area contributed by atoms with Gasteiger partial charge in [0, 0.05) is 28.8 Å². The van der Waals surface area contributed by atoms with Crippen LogP contribution in [0.5, 0.6) is 0 Å². The molecule has 0 bridgehead atoms. The Morgan fingerprint density at radius 2 is 1.74 bits per heavy atom. The summed E-state index contributed by atoms with van der Waals surface area (Å²) in [4.78, 5) is 0. The number of hydrogen-bond acceptors (Lipinski definition) is 1. The molecule has 0 atom stereocenters. The monoisotopic (exact) mass is 322 g/mol. The van der Waals surface area contributed by atoms with Crippen LogP contribution in [-0.4, -0.2) is 24.0 Å². The quantitative estimate of drug-likeness (QED) is 0.649. The molecule has 1 aromatic carbocycles. The summed E-state index contributed by atoms with van der Waals surface area (Å²) in [6, 6.07) is 7.73. The molecular formula is C15H21Cl3O. The Morgan fingerprint density at radius 3 is 2.21 bits per heavy atom. The van der Waals surface area contributed by atoms with Crippen molar-refractivity contribution in [2.75, 3.05) is 18.4 Å². The third kappa shape index (κ3) is 5.15. The average Bonchev–Trinajstić information content (AvgIpc) is 2.34. The fourth-order valence-electron chi connectivity index (χ4n) is 1.84. The van der Waals surface area contributed by atoms with E-state index in [0.29, 0.717) is 23.4 Å². The second-order valence-electron chi connectivity index (χ2n) is 5.77. The van der Waals surface area contributed by atoms with Gasteiger partial charge in [-0.2, -0.15) is 0 Å². The summed E-state index contributed by atoms with van der Waals surface area (Å²) in [5.74, 6) is 0.898. The standard InChI is InChI=1S/C15H21Cl3O/c1-14(2,3)19-8-7-15(10-16,11-17)12-5-4-6-13(18)9-12/h4-6,9H,7-8,10-11H2,1-3H3. The molecule has 0 heterocycles. The number of ether oxygens (including phenoxy) is 1. The first kappa shape index (κ1) is 17.1. The lowest BCUT2D eigenvalue weighted by molar-refractivity contribution is -0.00963. The fourth-order valence-corrected chi connectivity index (χ4v) is 2.89. The van der Waals surface area contributed by atoms with Crippen LogP contribution in [0.4, 0.5) is 0 Å². The van der Waals surface area contributed by atoms with Crippen molar-refractivity contribution in [1.82, 2.24) is 0 Å². The number of alkyl halides is 2. The van der Waals surface area contributed by atoms with Gasteiger partial charge in [0.15, 0.2) is 0 Å². The minimum absolute atomic E-state index is 0.154. The van der Waals surface area contributed by atoms with Crippen molar-refractivity contribution in [1.29, 1.82) is 0 Å². The highest BCUT2D eigenvalue weighted by molar-refractivity contribution is 6.30. The number of rotatable bonds is 6. The second kappa shape index (κ2) is 7.17. The maximum atomic E-state index is 6.18. The van der Waals surface area contributed by atoms with Gasteiger partial charge >= 0.3 is 0 Å². The van der Waals surface area contributed by atoms with Crippen molar-refractivity contribution in [3.05, 3.63) is 34.9 Å². The van der Waals surface area contributed by atoms with Crippen molar-refractivity contribution in [2.45, 2.75) is 38.2 Å². The van der Waals surface area contributed by atoms with Crippen molar-refractivity contribution >= 4 is 34.8 Å². The fraction of sp³-hybridized carbons (Fsp3) is 0.600. The maximum Gasteiger partial charge on any atom is 0.0598 e. The van der Waals surface area contributed by atoms with Crippen molar-refractivity contribution in [3.63, 3.8) is 0 Å². The molecule has 0 aliphatic heterocycles. The Hall–Kier alpha value is 0.0500. The summed E-state index contributed by atoms with van der Waals surface area (Å²) in [6.07, 6.45) is 0.775. The lowest BCUT2D eigenvalue weighted by Crippen LogP contribution is -2.33. The number of hydrogen-bond donors (Lipinski definition) is 0. The van der Waals surface area contributed by atoms with Gasteiger partial charge in [-0.1, -0.05) is 23.7 Å². The largest absolute Gasteiger partial charge is 0.376 e. The highest BCUT2D eigenvalue weighted by atomic mass is 35.5. The Labute approximate surface area is 131 Å². The zero-order valence-corrected chi connectivity index (χ0v) is 13.9. The third-order valence-corrected chi connectivity index (χ3v) is 4.32. The predicted octanol–water partition coefficient (Wildman–Crippen LogP) is 5.26. The zero-order chi connectivity index (χ0) is 14.5. The molecule has 1 aromatic rings. The lowest BCUT2D eigenvalue weighted by Gasteiger charge is -2.32. The Bertz CT molecular complexity index is 395. The van der Waals surface area contributed by atoms with Crippen LogP contribution in [0.15, 0.2) is 24.3 Å². The first-order valence-electron chi connectivity index (χ1n) is 6.35. The summed E-state index contributed by atoms with van der Waals surface area (Å²) >= 11 is 18.4. The molecule has 0 saturated heterocycles. The van der Waals surface area contributed by atoms with E-state index in [1.807, 2.05) is 45.0 Å². The van der Waals surface area contributed by atoms with Gasteiger partial charge in [0.1, 0.15) is 0 Å². The molecule has 0 spiro atoms. The third-order valence-electron chi connectivity index (χ3n) is 3.06. The van der Waals surface area contributed by atoms with Crippen LogP contribution in [0.25, 0.3) is 0 Å². The van der Waals surface area contributed by atoms with E-state index in [4.69, 9.17) is 39.5 Å². The Morgan fingerprint density at radius 1 is 1.11 bits per heavy atom. The molecule has 4 heteroatoms. The zero-order valence-electron chi connectivity index (χ0n) is 11.7. The molecule has 0 fully saturated rings. The molecule has 0 aromatic heterocycles. The second-order valence-corrected chi connectivity index (χ2v) is 6.74. The number of benzene rings is 1. The van der Waals surface area contributed by atoms with Crippen molar-refractivity contribution in [2.24, 2.45) is 0 Å². The van der Waals surface area contributed by atoms with Gasteiger partial charge in [0.2, 0.25) is 0 Å². The molecule has 0 saturated carbocycles. The van der Waals surface area contributed by atoms with E-state index in [1.54, 1.807) is 0 Å². The minimum atomic E-state index is -0.292. The summed E-state index contributed by atoms with van der Waals surface area (Å²) in [5.41, 5.74) is 0.625. The molecule has 1 nitrogen and oxygen atoms in total. The summed E-state index contributed by atoms with van der Waals surface area (Å²) < 4.78 is 5.79. The van der Waals surface area contributed by atoms with E-state index in [-0.39, 0.29) is 11.0 Å². The van der Waals surface area contributed by atoms with Gasteiger partial charge in [0.25, 0.3) is 0 Å². The molecule has 0 aliphatic carbocycles. The van der Waals surface area contributed by atoms with Gasteiger partial charge in [0.05, 0.1) is 5.60 Å². The van der Waals surface area contributed by atoms with Gasteiger partial charge in [-0.25, -0.2) is 0 Å². The molecule has 19 heavy (non-hydrogen) atoms. The Kier molecular flexibility index (Phi) is 6.46. The average molecular weight is 324 g/mol. The summed E-state index contributed by atoms with van der Waals surface area (Å²) in [5, 5.41) is 0.703. The first-order valence-corrected chi connectivity index (χ1v) is 7.80. The van der Waals surface area contributed by atoms with Gasteiger partial charge in [-0.3, -0.25) is 0 Å². The van der Waals surface area contributed by atoms with E-state index < -0.39 is 0 Å². The molecule has 108 valence electrons. The topological polar surface area (TPSA) is 9.23 Å². The van der Waals surface area contributed by atoms with E-state index in [2.05, 4.69) is 0 Å². The van der Waals surface area contributed by atoms with Crippen LogP contribution < -0.4 is 0 Å². The summed E-state index contributed by atoms with van der Waals surface area (Å²) in [7, 11) is 0. The van der Waals surface area contributed by atoms with E-state index in [1.165, 1.54) is 0 Å². The van der Waals surface area contributed by atoms with Crippen LogP contribution in [0.3, 0.4) is 0 Å². The van der Waals surface area contributed by atoms with E-state index >= 15 is 0 Å². The highest BCUT2D eigenvalue weighted by Gasteiger charge is 2.31. The van der Waals surface area contributed by atoms with Gasteiger partial charge < -0.3 is 4.74 Å². The van der Waals surface area contributed by atoms with E-state index in [9.17, 15) is 0 Å². The predicted molar refractivity (Wildman–Crippen MR) is 84.9 cm³/mol. The number of halogens is 3. The molecule has 1 rings (SSSR count). The van der Waals surface area contributed by atoms with Crippen molar-refractivity contribution in [3.8, 4) is 0 Å². The van der Waals surface area contributed by atoms with Crippen LogP contribution >= 0.6 is 34.8 Å². The molecule has 0 unspecified atom stereocenters. The molecule has 0 amide bonds. The van der Waals surface area contributed by atoms with E-state index in [0.717, 1.165) is 12.0 Å². The normalized spacial score (nSPS) is 12.7. The molecule has 0 aliphatic rings. The summed E-state index contributed by atoms with van der Waals surface area (Å²) in [6.45, 7) is 6.73. The molecular weight excluding hydrogens is 303 g/mol. The first-order chi connectivity index (χ1) is 8.83.